The standard InChI is InChI=1S/C30H33N3O12S/c1-3-40-30(36)45-33-11-10-31-17-22(33)28(35)19-14-21(32-46(37,38)20-8-9-24-26(16-20)43-18-42-24)29(27(15-19)41-13-12-34)44-25-7-5-4-6-23(25)39-2/h4-9,14-16,22,31-32,34H,3,10-13,17-18H2,1-2H3. The van der Waals surface area contributed by atoms with Crippen molar-refractivity contribution in [3.05, 3.63) is 60.2 Å². The highest BCUT2D eigenvalue weighted by molar-refractivity contribution is 7.92. The van der Waals surface area contributed by atoms with E-state index in [2.05, 4.69) is 10.0 Å². The van der Waals surface area contributed by atoms with Gasteiger partial charge in [-0.2, -0.15) is 0 Å². The maximum absolute atomic E-state index is 14.0. The lowest BCUT2D eigenvalue weighted by molar-refractivity contribution is -0.150. The van der Waals surface area contributed by atoms with Crippen LogP contribution < -0.4 is 33.7 Å². The average Bonchev–Trinajstić information content (AvgIpc) is 3.53. The van der Waals surface area contributed by atoms with Crippen LogP contribution in [0.2, 0.25) is 0 Å². The number of carbonyl (C=O) groups is 2. The van der Waals surface area contributed by atoms with E-state index in [9.17, 15) is 23.1 Å². The third-order valence-corrected chi connectivity index (χ3v) is 8.18. The van der Waals surface area contributed by atoms with E-state index in [0.717, 1.165) is 0 Å². The number of rotatable bonds is 13. The summed E-state index contributed by atoms with van der Waals surface area (Å²) in [5.41, 5.74) is -0.168. The van der Waals surface area contributed by atoms with Gasteiger partial charge in [0.2, 0.25) is 6.79 Å². The van der Waals surface area contributed by atoms with Crippen LogP contribution in [0.5, 0.6) is 34.5 Å². The number of anilines is 1. The smallest absolute Gasteiger partial charge is 0.493 e. The van der Waals surface area contributed by atoms with Crippen molar-refractivity contribution in [2.45, 2.75) is 17.9 Å². The van der Waals surface area contributed by atoms with E-state index in [1.807, 2.05) is 0 Å². The first-order chi connectivity index (χ1) is 22.2. The van der Waals surface area contributed by atoms with E-state index in [1.165, 1.54) is 42.5 Å². The first-order valence-electron chi connectivity index (χ1n) is 14.3. The number of aliphatic hydroxyl groups excluding tert-OH is 1. The maximum Gasteiger partial charge on any atom is 0.527 e. The molecule has 3 N–H and O–H groups in total. The zero-order chi connectivity index (χ0) is 32.7. The molecule has 5 rings (SSSR count). The van der Waals surface area contributed by atoms with Gasteiger partial charge in [0, 0.05) is 31.3 Å². The molecule has 1 unspecified atom stereocenters. The highest BCUT2D eigenvalue weighted by atomic mass is 32.2. The molecule has 1 atom stereocenters. The molecule has 0 aliphatic carbocycles. The minimum Gasteiger partial charge on any atom is -0.493 e. The number of para-hydroxylation sites is 2. The zero-order valence-electron chi connectivity index (χ0n) is 25.0. The largest absolute Gasteiger partial charge is 0.527 e. The summed E-state index contributed by atoms with van der Waals surface area (Å²) < 4.78 is 62.9. The number of benzene rings is 3. The van der Waals surface area contributed by atoms with Crippen LogP contribution in [-0.2, 0) is 19.6 Å². The number of carbonyl (C=O) groups excluding carboxylic acids is 2. The van der Waals surface area contributed by atoms with Crippen LogP contribution >= 0.6 is 0 Å². The van der Waals surface area contributed by atoms with Crippen LogP contribution in [0, 0.1) is 0 Å². The lowest BCUT2D eigenvalue weighted by Gasteiger charge is -2.33. The molecule has 0 aromatic heterocycles. The summed E-state index contributed by atoms with van der Waals surface area (Å²) >= 11 is 0. The number of hydrogen-bond acceptors (Lipinski definition) is 14. The predicted molar refractivity (Wildman–Crippen MR) is 161 cm³/mol. The van der Waals surface area contributed by atoms with Crippen molar-refractivity contribution in [3.63, 3.8) is 0 Å². The number of ether oxygens (including phenoxy) is 6. The Kier molecular flexibility index (Phi) is 10.3. The van der Waals surface area contributed by atoms with Gasteiger partial charge in [0.05, 0.1) is 30.9 Å². The molecule has 3 aromatic rings. The molecule has 0 bridgehead atoms. The van der Waals surface area contributed by atoms with Gasteiger partial charge in [-0.05, 0) is 43.3 Å². The Hall–Kier alpha value is -4.77. The van der Waals surface area contributed by atoms with Crippen molar-refractivity contribution >= 4 is 27.6 Å². The van der Waals surface area contributed by atoms with Crippen molar-refractivity contribution in [1.29, 1.82) is 0 Å². The number of nitrogens with zero attached hydrogens (tertiary/aromatic N) is 1. The Balaban J connectivity index is 1.59. The monoisotopic (exact) mass is 659 g/mol. The fourth-order valence-corrected chi connectivity index (χ4v) is 5.77. The summed E-state index contributed by atoms with van der Waals surface area (Å²) in [4.78, 5) is 31.2. The van der Waals surface area contributed by atoms with Gasteiger partial charge in [-0.25, -0.2) is 13.2 Å². The maximum atomic E-state index is 14.0. The number of nitrogens with one attached hydrogen (secondary N) is 2. The van der Waals surface area contributed by atoms with Gasteiger partial charge in [-0.1, -0.05) is 12.1 Å². The van der Waals surface area contributed by atoms with Gasteiger partial charge < -0.3 is 43.7 Å². The summed E-state index contributed by atoms with van der Waals surface area (Å²) in [6.07, 6.45) is -0.966. The Morgan fingerprint density at radius 1 is 1.07 bits per heavy atom. The number of hydroxylamine groups is 2. The van der Waals surface area contributed by atoms with E-state index in [0.29, 0.717) is 18.0 Å². The molecule has 15 nitrogen and oxygen atoms in total. The molecule has 2 heterocycles. The Bertz CT molecular complexity index is 1680. The summed E-state index contributed by atoms with van der Waals surface area (Å²) in [6, 6.07) is 12.4. The molecule has 46 heavy (non-hydrogen) atoms. The van der Waals surface area contributed by atoms with Crippen LogP contribution in [0.1, 0.15) is 17.3 Å². The van der Waals surface area contributed by atoms with Gasteiger partial charge in [-0.3, -0.25) is 9.52 Å². The number of sulfonamides is 1. The van der Waals surface area contributed by atoms with Gasteiger partial charge in [0.25, 0.3) is 10.0 Å². The van der Waals surface area contributed by atoms with Crippen LogP contribution in [0.3, 0.4) is 0 Å². The summed E-state index contributed by atoms with van der Waals surface area (Å²) in [6.45, 7) is 1.78. The van der Waals surface area contributed by atoms with Gasteiger partial charge in [-0.15, -0.1) is 5.06 Å². The molecule has 2 aliphatic rings. The molecule has 1 saturated heterocycles. The first kappa shape index (κ1) is 32.6. The van der Waals surface area contributed by atoms with Crippen molar-refractivity contribution in [2.75, 3.05) is 58.1 Å². The minimum absolute atomic E-state index is 0.00476. The topological polar surface area (TPSA) is 180 Å². The number of ketones is 1. The normalized spacial score (nSPS) is 15.9. The molecule has 246 valence electrons. The van der Waals surface area contributed by atoms with E-state index in [-0.39, 0.29) is 72.2 Å². The number of methoxy groups -OCH3 is 1. The highest BCUT2D eigenvalue weighted by Gasteiger charge is 2.34. The minimum atomic E-state index is -4.32. The van der Waals surface area contributed by atoms with Crippen LogP contribution in [-0.4, -0.2) is 89.9 Å². The molecule has 0 radical (unpaired) electrons. The van der Waals surface area contributed by atoms with Gasteiger partial charge >= 0.3 is 6.16 Å². The third kappa shape index (κ3) is 7.37. The molecule has 2 aliphatic heterocycles. The number of aliphatic hydroxyl groups is 1. The van der Waals surface area contributed by atoms with E-state index >= 15 is 0 Å². The lowest BCUT2D eigenvalue weighted by atomic mass is 10.0. The quantitative estimate of drug-likeness (QED) is 0.180. The molecule has 16 heteroatoms. The number of piperazine rings is 1. The van der Waals surface area contributed by atoms with E-state index < -0.39 is 34.6 Å². The molecular formula is C30H33N3O12S. The zero-order valence-corrected chi connectivity index (χ0v) is 25.8. The second-order valence-corrected chi connectivity index (χ2v) is 11.5. The number of hydrogen-bond donors (Lipinski definition) is 3. The third-order valence-electron chi connectivity index (χ3n) is 6.82. The number of Topliss-reactive ketones (excluding diaryl/α,β-unsaturated/α-hetero) is 1. The summed E-state index contributed by atoms with van der Waals surface area (Å²) in [7, 11) is -2.88. The van der Waals surface area contributed by atoms with Crippen LogP contribution in [0.15, 0.2) is 59.5 Å². The Labute approximate surface area is 264 Å². The highest BCUT2D eigenvalue weighted by Crippen LogP contribution is 2.44. The lowest BCUT2D eigenvalue weighted by Crippen LogP contribution is -2.55. The fraction of sp³-hybridized carbons (Fsp3) is 0.333. The second kappa shape index (κ2) is 14.6. The van der Waals surface area contributed by atoms with Gasteiger partial charge in [0.15, 0.2) is 40.3 Å². The summed E-state index contributed by atoms with van der Waals surface area (Å²) in [5.74, 6) is 0.485. The molecule has 0 saturated carbocycles. The number of fused-ring (bicyclic) bond motifs is 1. The van der Waals surface area contributed by atoms with Crippen molar-refractivity contribution in [2.24, 2.45) is 0 Å². The molecular weight excluding hydrogens is 626 g/mol. The first-order valence-corrected chi connectivity index (χ1v) is 15.7. The Morgan fingerprint density at radius 2 is 1.85 bits per heavy atom. The van der Waals surface area contributed by atoms with E-state index in [4.69, 9.17) is 33.3 Å². The summed E-state index contributed by atoms with van der Waals surface area (Å²) in [5, 5.41) is 13.9. The van der Waals surface area contributed by atoms with E-state index in [1.54, 1.807) is 31.2 Å². The molecule has 0 spiro atoms. The van der Waals surface area contributed by atoms with Gasteiger partial charge in [0.1, 0.15) is 12.6 Å². The molecule has 3 aromatic carbocycles. The molecule has 0 amide bonds. The van der Waals surface area contributed by atoms with Crippen LogP contribution in [0.25, 0.3) is 0 Å². The average molecular weight is 660 g/mol. The van der Waals surface area contributed by atoms with Crippen molar-refractivity contribution in [3.8, 4) is 34.5 Å². The van der Waals surface area contributed by atoms with Crippen molar-refractivity contribution in [1.82, 2.24) is 10.4 Å². The fourth-order valence-electron chi connectivity index (χ4n) is 4.70. The predicted octanol–water partition coefficient (Wildman–Crippen LogP) is 2.93. The Morgan fingerprint density at radius 3 is 2.61 bits per heavy atom. The van der Waals surface area contributed by atoms with Crippen LogP contribution in [0.4, 0.5) is 10.5 Å². The SMILES string of the molecule is CCOC(=O)ON1CCNCC1C(=O)c1cc(NS(=O)(=O)c2ccc3c(c2)OCO3)c(Oc2ccccc2OC)c(OCCO)c1. The second-order valence-electron chi connectivity index (χ2n) is 9.80. The molecule has 1 fully saturated rings. The van der Waals surface area contributed by atoms with Crippen molar-refractivity contribution < 1.29 is 56.4 Å².